The fraction of sp³-hybridized carbons (Fsp3) is 0.895. The van der Waals surface area contributed by atoms with Gasteiger partial charge in [-0.25, -0.2) is 13.2 Å². The molecule has 0 spiro atoms. The number of amides is 1. The van der Waals surface area contributed by atoms with Crippen LogP contribution in [-0.4, -0.2) is 73.7 Å². The number of carbonyl (C=O) groups excluding carboxylic acids is 1. The maximum atomic E-state index is 12.3. The van der Waals surface area contributed by atoms with E-state index in [0.29, 0.717) is 25.6 Å². The summed E-state index contributed by atoms with van der Waals surface area (Å²) >= 11 is 0. The Morgan fingerprint density at radius 3 is 2.39 bits per heavy atom. The van der Waals surface area contributed by atoms with Gasteiger partial charge < -0.3 is 20.3 Å². The first-order valence-electron chi connectivity index (χ1n) is 10.0. The van der Waals surface area contributed by atoms with Crippen LogP contribution in [-0.2, 0) is 14.6 Å². The lowest BCUT2D eigenvalue weighted by atomic mass is 10.1. The molecule has 1 fully saturated rings. The third-order valence-corrected chi connectivity index (χ3v) is 6.91. The van der Waals surface area contributed by atoms with Crippen LogP contribution in [0.4, 0.5) is 4.79 Å². The summed E-state index contributed by atoms with van der Waals surface area (Å²) in [5.41, 5.74) is -0.521. The van der Waals surface area contributed by atoms with E-state index < -0.39 is 20.2 Å². The van der Waals surface area contributed by atoms with Crippen molar-refractivity contribution in [3.05, 3.63) is 0 Å². The molecule has 1 aliphatic rings. The SMILES string of the molecule is CCNC(=NCCS(=O)(=O)C(C)(C)C)NC1CCCN(C(=O)OC(C)(C)C)C1. The number of ether oxygens (including phenoxy) is 1. The van der Waals surface area contributed by atoms with E-state index >= 15 is 0 Å². The molecular formula is C19H38N4O4S. The highest BCUT2D eigenvalue weighted by Gasteiger charge is 2.29. The molecule has 1 aliphatic heterocycles. The summed E-state index contributed by atoms with van der Waals surface area (Å²) in [6.45, 7) is 14.7. The summed E-state index contributed by atoms with van der Waals surface area (Å²) in [5, 5.41) is 6.47. The van der Waals surface area contributed by atoms with Gasteiger partial charge in [-0.1, -0.05) is 0 Å². The van der Waals surface area contributed by atoms with Crippen LogP contribution in [0.3, 0.4) is 0 Å². The lowest BCUT2D eigenvalue weighted by Crippen LogP contribution is -2.53. The van der Waals surface area contributed by atoms with E-state index in [1.165, 1.54) is 0 Å². The number of likely N-dealkylation sites (tertiary alicyclic amines) is 1. The summed E-state index contributed by atoms with van der Waals surface area (Å²) in [5.74, 6) is 0.574. The Morgan fingerprint density at radius 1 is 1.21 bits per heavy atom. The first-order chi connectivity index (χ1) is 12.7. The Bertz CT molecular complexity index is 648. The molecule has 0 bridgehead atoms. The van der Waals surface area contributed by atoms with Crippen molar-refractivity contribution in [1.82, 2.24) is 15.5 Å². The van der Waals surface area contributed by atoms with Crippen molar-refractivity contribution in [1.29, 1.82) is 0 Å². The molecule has 0 radical (unpaired) electrons. The Morgan fingerprint density at radius 2 is 1.86 bits per heavy atom. The number of nitrogens with zero attached hydrogens (tertiary/aromatic N) is 2. The van der Waals surface area contributed by atoms with E-state index in [-0.39, 0.29) is 24.4 Å². The zero-order valence-corrected chi connectivity index (χ0v) is 19.3. The van der Waals surface area contributed by atoms with Crippen LogP contribution in [0.15, 0.2) is 4.99 Å². The lowest BCUT2D eigenvalue weighted by Gasteiger charge is -2.35. The maximum absolute atomic E-state index is 12.3. The molecule has 28 heavy (non-hydrogen) atoms. The van der Waals surface area contributed by atoms with Crippen LogP contribution >= 0.6 is 0 Å². The first kappa shape index (κ1) is 24.5. The molecule has 0 aromatic heterocycles. The van der Waals surface area contributed by atoms with E-state index in [0.717, 1.165) is 12.8 Å². The topological polar surface area (TPSA) is 100 Å². The smallest absolute Gasteiger partial charge is 0.410 e. The molecular weight excluding hydrogens is 380 g/mol. The van der Waals surface area contributed by atoms with Gasteiger partial charge >= 0.3 is 6.09 Å². The van der Waals surface area contributed by atoms with Gasteiger partial charge in [0.2, 0.25) is 0 Å². The van der Waals surface area contributed by atoms with Crippen molar-refractivity contribution in [2.24, 2.45) is 4.99 Å². The number of piperidine rings is 1. The molecule has 8 nitrogen and oxygen atoms in total. The van der Waals surface area contributed by atoms with Gasteiger partial charge in [0, 0.05) is 25.7 Å². The molecule has 1 rings (SSSR count). The molecule has 164 valence electrons. The number of rotatable bonds is 5. The van der Waals surface area contributed by atoms with Crippen LogP contribution in [0.2, 0.25) is 0 Å². The number of sulfone groups is 1. The second-order valence-electron chi connectivity index (χ2n) is 9.10. The number of aliphatic imine (C=N–C) groups is 1. The Hall–Kier alpha value is -1.51. The maximum Gasteiger partial charge on any atom is 0.410 e. The summed E-state index contributed by atoms with van der Waals surface area (Å²) in [7, 11) is -3.21. The average molecular weight is 419 g/mol. The van der Waals surface area contributed by atoms with Gasteiger partial charge in [-0.15, -0.1) is 0 Å². The minimum Gasteiger partial charge on any atom is -0.444 e. The monoisotopic (exact) mass is 418 g/mol. The Balaban J connectivity index is 2.69. The molecule has 2 N–H and O–H groups in total. The Kier molecular flexibility index (Phi) is 8.59. The van der Waals surface area contributed by atoms with E-state index in [1.807, 2.05) is 27.7 Å². The molecule has 1 atom stereocenters. The third-order valence-electron chi connectivity index (χ3n) is 4.32. The van der Waals surface area contributed by atoms with Crippen LogP contribution in [0.5, 0.6) is 0 Å². The molecule has 1 unspecified atom stereocenters. The molecule has 1 heterocycles. The molecule has 0 saturated carbocycles. The highest BCUT2D eigenvalue weighted by molar-refractivity contribution is 7.92. The van der Waals surface area contributed by atoms with Gasteiger partial charge in [0.15, 0.2) is 15.8 Å². The fourth-order valence-electron chi connectivity index (χ4n) is 2.68. The lowest BCUT2D eigenvalue weighted by molar-refractivity contribution is 0.0193. The molecule has 1 saturated heterocycles. The number of hydrogen-bond donors (Lipinski definition) is 2. The minimum atomic E-state index is -3.21. The second-order valence-corrected chi connectivity index (χ2v) is 12.0. The van der Waals surface area contributed by atoms with Crippen LogP contribution < -0.4 is 10.6 Å². The molecule has 0 aromatic rings. The van der Waals surface area contributed by atoms with Gasteiger partial charge in [-0.05, 0) is 61.3 Å². The standard InChI is InChI=1S/C19H38N4O4S/c1-8-20-16(21-11-13-28(25,26)19(5,6)7)22-15-10-9-12-23(14-15)17(24)27-18(2,3)4/h15H,8-14H2,1-7H3,(H2,20,21,22). The molecule has 1 amide bonds. The summed E-state index contributed by atoms with van der Waals surface area (Å²) in [4.78, 5) is 18.4. The number of hydrogen-bond acceptors (Lipinski definition) is 5. The summed E-state index contributed by atoms with van der Waals surface area (Å²) in [6.07, 6.45) is 1.47. The van der Waals surface area contributed by atoms with Crippen molar-refractivity contribution >= 4 is 21.9 Å². The van der Waals surface area contributed by atoms with Gasteiger partial charge in [-0.2, -0.15) is 0 Å². The molecule has 0 aromatic carbocycles. The van der Waals surface area contributed by atoms with Crippen molar-refractivity contribution in [2.75, 3.05) is 31.9 Å². The van der Waals surface area contributed by atoms with Crippen LogP contribution in [0, 0.1) is 0 Å². The zero-order valence-electron chi connectivity index (χ0n) is 18.5. The quantitative estimate of drug-likeness (QED) is 0.524. The first-order valence-corrected chi connectivity index (χ1v) is 11.7. The fourth-order valence-corrected chi connectivity index (χ4v) is 3.63. The predicted molar refractivity (Wildman–Crippen MR) is 113 cm³/mol. The molecule has 0 aliphatic carbocycles. The zero-order chi connectivity index (χ0) is 21.6. The van der Waals surface area contributed by atoms with Gasteiger partial charge in [0.1, 0.15) is 5.60 Å². The normalized spacial score (nSPS) is 19.3. The van der Waals surface area contributed by atoms with Crippen molar-refractivity contribution in [3.63, 3.8) is 0 Å². The van der Waals surface area contributed by atoms with Crippen LogP contribution in [0.1, 0.15) is 61.3 Å². The minimum absolute atomic E-state index is 0.00176. The number of guanidine groups is 1. The largest absolute Gasteiger partial charge is 0.444 e. The summed E-state index contributed by atoms with van der Waals surface area (Å²) < 4.78 is 29.2. The highest BCUT2D eigenvalue weighted by Crippen LogP contribution is 2.16. The summed E-state index contributed by atoms with van der Waals surface area (Å²) in [6, 6.07) is 0.0401. The predicted octanol–water partition coefficient (Wildman–Crippen LogP) is 2.15. The number of carbonyl (C=O) groups is 1. The number of nitrogens with one attached hydrogen (secondary N) is 2. The van der Waals surface area contributed by atoms with Crippen molar-refractivity contribution in [2.45, 2.75) is 77.7 Å². The van der Waals surface area contributed by atoms with E-state index in [4.69, 9.17) is 4.74 Å². The van der Waals surface area contributed by atoms with Crippen LogP contribution in [0.25, 0.3) is 0 Å². The second kappa shape index (κ2) is 9.80. The average Bonchev–Trinajstić information content (AvgIpc) is 2.52. The third kappa shape index (κ3) is 8.24. The van der Waals surface area contributed by atoms with Gasteiger partial charge in [0.25, 0.3) is 0 Å². The van der Waals surface area contributed by atoms with Gasteiger partial charge in [0.05, 0.1) is 17.0 Å². The van der Waals surface area contributed by atoms with Crippen molar-refractivity contribution in [3.8, 4) is 0 Å². The van der Waals surface area contributed by atoms with Crippen molar-refractivity contribution < 1.29 is 17.9 Å². The van der Waals surface area contributed by atoms with E-state index in [1.54, 1.807) is 25.7 Å². The van der Waals surface area contributed by atoms with E-state index in [9.17, 15) is 13.2 Å². The highest BCUT2D eigenvalue weighted by atomic mass is 32.2. The molecule has 9 heteroatoms. The Labute approximate surface area is 170 Å². The van der Waals surface area contributed by atoms with Gasteiger partial charge in [-0.3, -0.25) is 4.99 Å². The van der Waals surface area contributed by atoms with E-state index in [2.05, 4.69) is 15.6 Å².